The van der Waals surface area contributed by atoms with Crippen LogP contribution in [0.2, 0.25) is 0 Å². The Hall–Kier alpha value is -1.05. The number of aromatic nitrogens is 2. The molecule has 0 atom stereocenters. The molecule has 0 radical (unpaired) electrons. The average Bonchev–Trinajstić information content (AvgIpc) is 2.75. The van der Waals surface area contributed by atoms with E-state index in [9.17, 15) is 9.18 Å². The van der Waals surface area contributed by atoms with Crippen molar-refractivity contribution in [2.45, 2.75) is 6.54 Å². The Morgan fingerprint density at radius 2 is 2.15 bits per heavy atom. The number of halogens is 3. The molecule has 7 heteroatoms. The second-order valence-corrected chi connectivity index (χ2v) is 5.81. The summed E-state index contributed by atoms with van der Waals surface area (Å²) in [6.07, 6.45) is 1.54. The van der Waals surface area contributed by atoms with Crippen LogP contribution in [-0.2, 0) is 11.3 Å². The molecule has 20 heavy (non-hydrogen) atoms. The topological polar surface area (TPSA) is 44.1 Å². The van der Waals surface area contributed by atoms with Crippen molar-refractivity contribution in [1.29, 1.82) is 0 Å². The van der Waals surface area contributed by atoms with E-state index in [-0.39, 0.29) is 11.3 Å². The maximum atomic E-state index is 13.4. The van der Waals surface area contributed by atoms with Crippen molar-refractivity contribution >= 4 is 37.6 Å². The monoisotopic (exact) mass is 404 g/mol. The van der Waals surface area contributed by atoms with Gasteiger partial charge in [0.2, 0.25) is 5.78 Å². The second-order valence-electron chi connectivity index (χ2n) is 4.04. The number of carbonyl (C=O) groups excluding carboxylic acids is 1. The van der Waals surface area contributed by atoms with E-state index in [0.717, 1.165) is 0 Å². The van der Waals surface area contributed by atoms with E-state index in [1.165, 1.54) is 23.0 Å². The number of ketones is 1. The molecule has 0 amide bonds. The van der Waals surface area contributed by atoms with Crippen LogP contribution >= 0.6 is 31.9 Å². The van der Waals surface area contributed by atoms with Crippen molar-refractivity contribution in [2.24, 2.45) is 0 Å². The van der Waals surface area contributed by atoms with Crippen LogP contribution in [0.25, 0.3) is 0 Å². The van der Waals surface area contributed by atoms with E-state index >= 15 is 0 Å². The molecule has 1 aromatic heterocycles. The van der Waals surface area contributed by atoms with Crippen LogP contribution in [-0.4, -0.2) is 29.3 Å². The summed E-state index contributed by atoms with van der Waals surface area (Å²) in [5.74, 6) is -0.771. The van der Waals surface area contributed by atoms with Gasteiger partial charge in [0.25, 0.3) is 0 Å². The largest absolute Gasteiger partial charge is 0.383 e. The number of hydrogen-bond acceptors (Lipinski definition) is 3. The molecule has 0 spiro atoms. The van der Waals surface area contributed by atoms with Crippen LogP contribution in [0, 0.1) is 5.82 Å². The predicted molar refractivity (Wildman–Crippen MR) is 79.3 cm³/mol. The molecule has 0 aliphatic carbocycles. The Bertz CT molecular complexity index is 623. The number of ether oxygens (including phenoxy) is 1. The van der Waals surface area contributed by atoms with Crippen LogP contribution in [0.4, 0.5) is 4.39 Å². The molecule has 4 nitrogen and oxygen atoms in total. The van der Waals surface area contributed by atoms with Crippen molar-refractivity contribution in [3.05, 3.63) is 50.4 Å². The Kier molecular flexibility index (Phi) is 5.06. The molecular weight excluding hydrogens is 395 g/mol. The Balaban J connectivity index is 2.39. The first-order valence-electron chi connectivity index (χ1n) is 5.74. The van der Waals surface area contributed by atoms with Gasteiger partial charge in [-0.1, -0.05) is 15.9 Å². The molecule has 0 N–H and O–H groups in total. The fraction of sp³-hybridized carbons (Fsp3) is 0.231. The molecule has 0 aliphatic rings. The van der Waals surface area contributed by atoms with Gasteiger partial charge in [-0.15, -0.1) is 0 Å². The van der Waals surface area contributed by atoms with Gasteiger partial charge in [-0.05, 0) is 34.1 Å². The quantitative estimate of drug-likeness (QED) is 0.716. The first kappa shape index (κ1) is 15.3. The van der Waals surface area contributed by atoms with Gasteiger partial charge in [-0.2, -0.15) is 5.10 Å². The third-order valence-corrected chi connectivity index (χ3v) is 3.68. The molecule has 2 aromatic rings. The highest BCUT2D eigenvalue weighted by Gasteiger charge is 2.19. The van der Waals surface area contributed by atoms with E-state index in [2.05, 4.69) is 37.0 Å². The normalized spacial score (nSPS) is 10.8. The third-order valence-electron chi connectivity index (χ3n) is 2.64. The lowest BCUT2D eigenvalue weighted by Crippen LogP contribution is -2.15. The minimum absolute atomic E-state index is 0.261. The summed E-state index contributed by atoms with van der Waals surface area (Å²) >= 11 is 6.47. The van der Waals surface area contributed by atoms with Crippen molar-refractivity contribution in [3.63, 3.8) is 0 Å². The second kappa shape index (κ2) is 6.60. The highest BCUT2D eigenvalue weighted by molar-refractivity contribution is 9.10. The lowest BCUT2D eigenvalue weighted by molar-refractivity contribution is 0.102. The third kappa shape index (κ3) is 3.34. The van der Waals surface area contributed by atoms with E-state index < -0.39 is 5.82 Å². The van der Waals surface area contributed by atoms with Crippen molar-refractivity contribution in [1.82, 2.24) is 9.78 Å². The minimum atomic E-state index is -0.471. The standard InChI is InChI=1S/C13H11Br2FN2O2/c1-20-3-2-18-12(11(15)7-17-18)13(19)8-4-9(14)6-10(16)5-8/h4-7H,2-3H2,1H3. The molecule has 0 fully saturated rings. The zero-order chi connectivity index (χ0) is 14.7. The van der Waals surface area contributed by atoms with Gasteiger partial charge in [0, 0.05) is 17.1 Å². The van der Waals surface area contributed by atoms with Gasteiger partial charge in [0.05, 0.1) is 23.8 Å². The predicted octanol–water partition coefficient (Wildman–Crippen LogP) is 3.42. The van der Waals surface area contributed by atoms with E-state index in [4.69, 9.17) is 4.74 Å². The summed E-state index contributed by atoms with van der Waals surface area (Å²) in [7, 11) is 1.57. The first-order valence-corrected chi connectivity index (χ1v) is 7.32. The molecule has 1 heterocycles. The van der Waals surface area contributed by atoms with Gasteiger partial charge in [0.1, 0.15) is 11.5 Å². The number of methoxy groups -OCH3 is 1. The van der Waals surface area contributed by atoms with Gasteiger partial charge in [0.15, 0.2) is 0 Å². The van der Waals surface area contributed by atoms with E-state index in [1.54, 1.807) is 13.2 Å². The Morgan fingerprint density at radius 1 is 1.40 bits per heavy atom. The Morgan fingerprint density at radius 3 is 2.80 bits per heavy atom. The molecule has 1 aromatic carbocycles. The summed E-state index contributed by atoms with van der Waals surface area (Å²) in [6.45, 7) is 0.876. The summed E-state index contributed by atoms with van der Waals surface area (Å²) in [5, 5.41) is 4.11. The van der Waals surface area contributed by atoms with Crippen LogP contribution in [0.5, 0.6) is 0 Å². The smallest absolute Gasteiger partial charge is 0.212 e. The van der Waals surface area contributed by atoms with E-state index in [1.807, 2.05) is 0 Å². The molecule has 0 saturated carbocycles. The summed E-state index contributed by atoms with van der Waals surface area (Å²) in [4.78, 5) is 12.5. The lowest BCUT2D eigenvalue weighted by atomic mass is 10.1. The van der Waals surface area contributed by atoms with Crippen LogP contribution in [0.3, 0.4) is 0 Å². The average molecular weight is 406 g/mol. The van der Waals surface area contributed by atoms with Crippen molar-refractivity contribution in [3.8, 4) is 0 Å². The number of carbonyl (C=O) groups is 1. The fourth-order valence-corrected chi connectivity index (χ4v) is 2.70. The van der Waals surface area contributed by atoms with Crippen LogP contribution in [0.15, 0.2) is 33.3 Å². The molecule has 0 bridgehead atoms. The maximum Gasteiger partial charge on any atom is 0.212 e. The first-order chi connectivity index (χ1) is 9.52. The number of rotatable bonds is 5. The lowest BCUT2D eigenvalue weighted by Gasteiger charge is -2.07. The summed E-state index contributed by atoms with van der Waals surface area (Å²) < 4.78 is 21.0. The molecular formula is C13H11Br2FN2O2. The molecule has 0 saturated heterocycles. The molecule has 106 valence electrons. The van der Waals surface area contributed by atoms with Gasteiger partial charge >= 0.3 is 0 Å². The van der Waals surface area contributed by atoms with Crippen molar-refractivity contribution in [2.75, 3.05) is 13.7 Å². The molecule has 0 unspecified atom stereocenters. The summed E-state index contributed by atoms with van der Waals surface area (Å²) in [5.41, 5.74) is 0.635. The molecule has 2 rings (SSSR count). The maximum absolute atomic E-state index is 13.4. The number of benzene rings is 1. The highest BCUT2D eigenvalue weighted by atomic mass is 79.9. The van der Waals surface area contributed by atoms with Gasteiger partial charge < -0.3 is 4.74 Å². The van der Waals surface area contributed by atoms with E-state index in [0.29, 0.717) is 27.8 Å². The van der Waals surface area contributed by atoms with Crippen LogP contribution in [0.1, 0.15) is 16.1 Å². The zero-order valence-electron chi connectivity index (χ0n) is 10.6. The van der Waals surface area contributed by atoms with Gasteiger partial charge in [-0.25, -0.2) is 4.39 Å². The number of hydrogen-bond donors (Lipinski definition) is 0. The SMILES string of the molecule is COCCn1ncc(Br)c1C(=O)c1cc(F)cc(Br)c1. The zero-order valence-corrected chi connectivity index (χ0v) is 13.7. The molecule has 0 aliphatic heterocycles. The fourth-order valence-electron chi connectivity index (χ4n) is 1.76. The van der Waals surface area contributed by atoms with Crippen LogP contribution < -0.4 is 0 Å². The highest BCUT2D eigenvalue weighted by Crippen LogP contribution is 2.22. The minimum Gasteiger partial charge on any atom is -0.383 e. The van der Waals surface area contributed by atoms with Crippen molar-refractivity contribution < 1.29 is 13.9 Å². The van der Waals surface area contributed by atoms with Gasteiger partial charge in [-0.3, -0.25) is 9.48 Å². The number of nitrogens with zero attached hydrogens (tertiary/aromatic N) is 2. The summed E-state index contributed by atoms with van der Waals surface area (Å²) in [6, 6.07) is 4.08. The Labute approximate surface area is 132 Å².